The van der Waals surface area contributed by atoms with Crippen molar-refractivity contribution in [2.45, 2.75) is 25.8 Å². The molecule has 2 N–H and O–H groups in total. The highest BCUT2D eigenvalue weighted by atomic mass is 15.1. The molecule has 0 saturated carbocycles. The van der Waals surface area contributed by atoms with E-state index >= 15 is 0 Å². The molecule has 0 amide bonds. The number of hydrogen-bond acceptors (Lipinski definition) is 2. The summed E-state index contributed by atoms with van der Waals surface area (Å²) in [6, 6.07) is 6.47. The van der Waals surface area contributed by atoms with Crippen molar-refractivity contribution in [3.05, 3.63) is 29.3 Å². The van der Waals surface area contributed by atoms with Gasteiger partial charge in [0.25, 0.3) is 0 Å². The van der Waals surface area contributed by atoms with Gasteiger partial charge in [0.15, 0.2) is 0 Å². The van der Waals surface area contributed by atoms with Crippen LogP contribution in [0.2, 0.25) is 0 Å². The maximum Gasteiger partial charge on any atom is 0.0399 e. The monoisotopic (exact) mass is 190 g/mol. The van der Waals surface area contributed by atoms with Crippen molar-refractivity contribution in [3.63, 3.8) is 0 Å². The van der Waals surface area contributed by atoms with Crippen LogP contribution in [0.4, 0.5) is 5.69 Å². The summed E-state index contributed by atoms with van der Waals surface area (Å²) in [7, 11) is 2.17. The second kappa shape index (κ2) is 4.01. The minimum atomic E-state index is 0.664. The lowest BCUT2D eigenvalue weighted by molar-refractivity contribution is 0.747. The van der Waals surface area contributed by atoms with Gasteiger partial charge in [0.05, 0.1) is 0 Å². The quantitative estimate of drug-likeness (QED) is 0.733. The van der Waals surface area contributed by atoms with Gasteiger partial charge in [-0.25, -0.2) is 0 Å². The van der Waals surface area contributed by atoms with Crippen LogP contribution >= 0.6 is 0 Å². The third-order valence-corrected chi connectivity index (χ3v) is 3.05. The number of nitrogens with two attached hydrogens (primary N) is 1. The molecule has 0 atom stereocenters. The van der Waals surface area contributed by atoms with Gasteiger partial charge in [0.1, 0.15) is 0 Å². The summed E-state index contributed by atoms with van der Waals surface area (Å²) in [6.07, 6.45) is 3.76. The Morgan fingerprint density at radius 3 is 3.00 bits per heavy atom. The zero-order valence-electron chi connectivity index (χ0n) is 8.79. The normalized spacial score (nSPS) is 16.3. The molecule has 0 aliphatic carbocycles. The van der Waals surface area contributed by atoms with Crippen molar-refractivity contribution in [3.8, 4) is 0 Å². The van der Waals surface area contributed by atoms with Crippen molar-refractivity contribution < 1.29 is 0 Å². The highest BCUT2D eigenvalue weighted by Gasteiger charge is 2.13. The summed E-state index contributed by atoms with van der Waals surface area (Å²) < 4.78 is 0. The molecule has 1 aromatic carbocycles. The molecule has 0 fully saturated rings. The average Bonchev–Trinajstić information content (AvgIpc) is 2.41. The molecule has 0 bridgehead atoms. The molecular formula is C12H18N2. The number of rotatable bonds is 1. The van der Waals surface area contributed by atoms with Crippen LogP contribution in [0.15, 0.2) is 18.2 Å². The molecule has 1 aromatic rings. The van der Waals surface area contributed by atoms with E-state index in [0.29, 0.717) is 6.54 Å². The first-order chi connectivity index (χ1) is 6.83. The summed E-state index contributed by atoms with van der Waals surface area (Å²) in [5.74, 6) is 0. The van der Waals surface area contributed by atoms with Crippen LogP contribution in [0.5, 0.6) is 0 Å². The van der Waals surface area contributed by atoms with Gasteiger partial charge in [0, 0.05) is 25.8 Å². The highest BCUT2D eigenvalue weighted by molar-refractivity contribution is 5.57. The minimum Gasteiger partial charge on any atom is -0.374 e. The average molecular weight is 190 g/mol. The van der Waals surface area contributed by atoms with E-state index in [9.17, 15) is 0 Å². The predicted molar refractivity (Wildman–Crippen MR) is 60.5 cm³/mol. The van der Waals surface area contributed by atoms with Crippen molar-refractivity contribution in [2.75, 3.05) is 18.5 Å². The van der Waals surface area contributed by atoms with E-state index < -0.39 is 0 Å². The Bertz CT molecular complexity index is 320. The van der Waals surface area contributed by atoms with Crippen LogP contribution in [-0.2, 0) is 13.0 Å². The third-order valence-electron chi connectivity index (χ3n) is 3.05. The lowest BCUT2D eigenvalue weighted by atomic mass is 10.0. The van der Waals surface area contributed by atoms with Crippen molar-refractivity contribution in [2.24, 2.45) is 5.73 Å². The van der Waals surface area contributed by atoms with E-state index in [1.807, 2.05) is 0 Å². The molecule has 0 unspecified atom stereocenters. The van der Waals surface area contributed by atoms with Gasteiger partial charge in [-0.3, -0.25) is 0 Å². The van der Waals surface area contributed by atoms with Crippen molar-refractivity contribution in [1.82, 2.24) is 0 Å². The van der Waals surface area contributed by atoms with Crippen LogP contribution < -0.4 is 10.6 Å². The van der Waals surface area contributed by atoms with E-state index in [1.165, 1.54) is 42.6 Å². The zero-order valence-corrected chi connectivity index (χ0v) is 8.79. The van der Waals surface area contributed by atoms with Gasteiger partial charge in [-0.2, -0.15) is 0 Å². The number of hydrogen-bond donors (Lipinski definition) is 1. The van der Waals surface area contributed by atoms with Crippen LogP contribution in [0.1, 0.15) is 24.0 Å². The summed E-state index contributed by atoms with van der Waals surface area (Å²) in [5, 5.41) is 0. The molecule has 0 saturated heterocycles. The molecule has 0 spiro atoms. The van der Waals surface area contributed by atoms with Gasteiger partial charge in [-0.05, 0) is 36.5 Å². The Morgan fingerprint density at radius 1 is 1.36 bits per heavy atom. The lowest BCUT2D eigenvalue weighted by Gasteiger charge is -2.20. The first-order valence-electron chi connectivity index (χ1n) is 5.35. The van der Waals surface area contributed by atoms with Crippen molar-refractivity contribution in [1.29, 1.82) is 0 Å². The summed E-state index contributed by atoms with van der Waals surface area (Å²) >= 11 is 0. The van der Waals surface area contributed by atoms with E-state index in [1.54, 1.807) is 0 Å². The standard InChI is InChI=1S/C12H18N2/c1-14-8-3-2-6-11-10(9-13)5-4-7-12(11)14/h4-5,7H,2-3,6,8-9,13H2,1H3. The van der Waals surface area contributed by atoms with Crippen LogP contribution in [-0.4, -0.2) is 13.6 Å². The molecule has 2 nitrogen and oxygen atoms in total. The topological polar surface area (TPSA) is 29.3 Å². The second-order valence-corrected chi connectivity index (χ2v) is 4.00. The van der Waals surface area contributed by atoms with Gasteiger partial charge >= 0.3 is 0 Å². The number of nitrogens with zero attached hydrogens (tertiary/aromatic N) is 1. The first-order valence-corrected chi connectivity index (χ1v) is 5.35. The van der Waals surface area contributed by atoms with Crippen LogP contribution in [0.3, 0.4) is 0 Å². The lowest BCUT2D eigenvalue weighted by Crippen LogP contribution is -2.18. The third kappa shape index (κ3) is 1.62. The molecule has 14 heavy (non-hydrogen) atoms. The largest absolute Gasteiger partial charge is 0.374 e. The maximum absolute atomic E-state index is 5.75. The molecule has 1 aliphatic heterocycles. The first kappa shape index (κ1) is 9.53. The Kier molecular flexibility index (Phi) is 2.73. The Hall–Kier alpha value is -1.02. The minimum absolute atomic E-state index is 0.664. The second-order valence-electron chi connectivity index (χ2n) is 4.00. The van der Waals surface area contributed by atoms with E-state index in [4.69, 9.17) is 5.73 Å². The van der Waals surface area contributed by atoms with Gasteiger partial charge in [-0.1, -0.05) is 12.1 Å². The van der Waals surface area contributed by atoms with Gasteiger partial charge in [-0.15, -0.1) is 0 Å². The van der Waals surface area contributed by atoms with Crippen LogP contribution in [0.25, 0.3) is 0 Å². The fraction of sp³-hybridized carbons (Fsp3) is 0.500. The smallest absolute Gasteiger partial charge is 0.0399 e. The van der Waals surface area contributed by atoms with Crippen LogP contribution in [0, 0.1) is 0 Å². The van der Waals surface area contributed by atoms with Gasteiger partial charge in [0.2, 0.25) is 0 Å². The Labute approximate surface area is 85.7 Å². The molecule has 2 heteroatoms. The van der Waals surface area contributed by atoms with Gasteiger partial charge < -0.3 is 10.6 Å². The molecule has 0 radical (unpaired) electrons. The molecular weight excluding hydrogens is 172 g/mol. The predicted octanol–water partition coefficient (Wildman–Crippen LogP) is 1.92. The number of fused-ring (bicyclic) bond motifs is 1. The van der Waals surface area contributed by atoms with Crippen molar-refractivity contribution >= 4 is 5.69 Å². The molecule has 2 rings (SSSR count). The van der Waals surface area contributed by atoms with E-state index in [0.717, 1.165) is 0 Å². The van der Waals surface area contributed by atoms with E-state index in [-0.39, 0.29) is 0 Å². The molecule has 76 valence electrons. The highest BCUT2D eigenvalue weighted by Crippen LogP contribution is 2.27. The Morgan fingerprint density at radius 2 is 2.21 bits per heavy atom. The van der Waals surface area contributed by atoms with E-state index in [2.05, 4.69) is 30.1 Å². The number of benzene rings is 1. The summed E-state index contributed by atoms with van der Waals surface area (Å²) in [5.41, 5.74) is 9.92. The Balaban J connectivity index is 2.46. The fourth-order valence-corrected chi connectivity index (χ4v) is 2.23. The maximum atomic E-state index is 5.75. The summed E-state index contributed by atoms with van der Waals surface area (Å²) in [6.45, 7) is 1.83. The SMILES string of the molecule is CN1CCCCc2c(CN)cccc21. The fourth-order valence-electron chi connectivity index (χ4n) is 2.23. The summed E-state index contributed by atoms with van der Waals surface area (Å²) in [4.78, 5) is 2.35. The molecule has 0 aromatic heterocycles. The number of anilines is 1. The molecule has 1 heterocycles. The zero-order chi connectivity index (χ0) is 9.97. The molecule has 1 aliphatic rings.